The van der Waals surface area contributed by atoms with Crippen LogP contribution in [0.25, 0.3) is 0 Å². The largest absolute Gasteiger partial charge is 0.379 e. The molecule has 0 radical (unpaired) electrons. The molecule has 16 heavy (non-hydrogen) atoms. The van der Waals surface area contributed by atoms with Crippen molar-refractivity contribution in [2.45, 2.75) is 58.2 Å². The van der Waals surface area contributed by atoms with E-state index in [1.54, 1.807) is 7.11 Å². The summed E-state index contributed by atoms with van der Waals surface area (Å²) in [5.74, 6) is 0. The summed E-state index contributed by atoms with van der Waals surface area (Å²) in [5, 5.41) is 3.46. The third-order valence-electron chi connectivity index (χ3n) is 3.74. The van der Waals surface area contributed by atoms with Gasteiger partial charge < -0.3 is 10.1 Å². The molecule has 1 fully saturated rings. The van der Waals surface area contributed by atoms with Gasteiger partial charge >= 0.3 is 0 Å². The normalized spacial score (nSPS) is 24.4. The predicted molar refractivity (Wildman–Crippen MR) is 68.8 cm³/mol. The molecule has 1 unspecified atom stereocenters. The van der Waals surface area contributed by atoms with E-state index in [0.717, 1.165) is 26.1 Å². The highest BCUT2D eigenvalue weighted by Crippen LogP contribution is 2.25. The molecule has 0 aromatic rings. The zero-order valence-electron chi connectivity index (χ0n) is 11.8. The number of rotatable bonds is 4. The van der Waals surface area contributed by atoms with Crippen molar-refractivity contribution in [3.05, 3.63) is 0 Å². The Morgan fingerprint density at radius 2 is 2.06 bits per heavy atom. The molecular formula is C13H28N2O. The van der Waals surface area contributed by atoms with Crippen molar-refractivity contribution in [3.8, 4) is 0 Å². The van der Waals surface area contributed by atoms with Crippen LogP contribution in [0.5, 0.6) is 0 Å². The minimum Gasteiger partial charge on any atom is -0.379 e. The highest BCUT2D eigenvalue weighted by molar-refractivity contribution is 4.92. The van der Waals surface area contributed by atoms with Gasteiger partial charge in [-0.25, -0.2) is 0 Å². The zero-order chi connectivity index (χ0) is 12.4. The Morgan fingerprint density at radius 3 is 2.56 bits per heavy atom. The molecule has 1 heterocycles. The molecule has 0 spiro atoms. The lowest BCUT2D eigenvalue weighted by molar-refractivity contribution is -0.0289. The monoisotopic (exact) mass is 228 g/mol. The second-order valence-electron chi connectivity index (χ2n) is 6.20. The lowest BCUT2D eigenvalue weighted by Gasteiger charge is -2.47. The van der Waals surface area contributed by atoms with Gasteiger partial charge in [-0.05, 0) is 41.0 Å². The molecule has 0 aromatic carbocycles. The minimum absolute atomic E-state index is 0.0274. The third kappa shape index (κ3) is 3.44. The maximum Gasteiger partial charge on any atom is 0.0637 e. The van der Waals surface area contributed by atoms with E-state index >= 15 is 0 Å². The first-order chi connectivity index (χ1) is 7.28. The van der Waals surface area contributed by atoms with Crippen molar-refractivity contribution in [1.82, 2.24) is 10.2 Å². The molecule has 1 rings (SSSR count). The smallest absolute Gasteiger partial charge is 0.0637 e. The summed E-state index contributed by atoms with van der Waals surface area (Å²) in [6.07, 6.45) is 1.08. The van der Waals surface area contributed by atoms with Gasteiger partial charge in [0.15, 0.2) is 0 Å². The molecule has 0 amide bonds. The summed E-state index contributed by atoms with van der Waals surface area (Å²) in [6.45, 7) is 14.6. The first kappa shape index (κ1) is 13.9. The SMILES string of the molecule is COC(C)(C)CC(C)N1CCNCC1(C)C. The Hall–Kier alpha value is -0.120. The molecule has 3 nitrogen and oxygen atoms in total. The number of piperazine rings is 1. The van der Waals surface area contributed by atoms with Gasteiger partial charge in [-0.2, -0.15) is 0 Å². The second kappa shape index (κ2) is 5.03. The molecule has 0 saturated carbocycles. The molecule has 96 valence electrons. The van der Waals surface area contributed by atoms with Crippen LogP contribution in [0.4, 0.5) is 0 Å². The quantitative estimate of drug-likeness (QED) is 0.795. The Morgan fingerprint density at radius 1 is 1.44 bits per heavy atom. The first-order valence-electron chi connectivity index (χ1n) is 6.31. The van der Waals surface area contributed by atoms with Gasteiger partial charge in [0.1, 0.15) is 0 Å². The molecule has 3 heteroatoms. The fourth-order valence-corrected chi connectivity index (χ4v) is 2.72. The molecule has 1 aliphatic rings. The van der Waals surface area contributed by atoms with Crippen LogP contribution in [0.3, 0.4) is 0 Å². The van der Waals surface area contributed by atoms with E-state index in [1.165, 1.54) is 0 Å². The van der Waals surface area contributed by atoms with E-state index in [1.807, 2.05) is 0 Å². The second-order valence-corrected chi connectivity index (χ2v) is 6.20. The van der Waals surface area contributed by atoms with Crippen LogP contribution >= 0.6 is 0 Å². The lowest BCUT2D eigenvalue weighted by atomic mass is 9.92. The van der Waals surface area contributed by atoms with Gasteiger partial charge in [0.2, 0.25) is 0 Å². The Labute approximate surface area is 101 Å². The lowest BCUT2D eigenvalue weighted by Crippen LogP contribution is -2.61. The zero-order valence-corrected chi connectivity index (χ0v) is 11.8. The van der Waals surface area contributed by atoms with Crippen LogP contribution in [0.15, 0.2) is 0 Å². The Kier molecular flexibility index (Phi) is 4.38. The Balaban J connectivity index is 2.61. The maximum atomic E-state index is 5.53. The molecule has 1 N–H and O–H groups in total. The van der Waals surface area contributed by atoms with E-state index in [2.05, 4.69) is 44.8 Å². The summed E-state index contributed by atoms with van der Waals surface area (Å²) in [6, 6.07) is 0.562. The highest BCUT2D eigenvalue weighted by Gasteiger charge is 2.35. The summed E-state index contributed by atoms with van der Waals surface area (Å²) in [4.78, 5) is 2.60. The van der Waals surface area contributed by atoms with Gasteiger partial charge in [-0.1, -0.05) is 0 Å². The van der Waals surface area contributed by atoms with Crippen LogP contribution < -0.4 is 5.32 Å². The molecule has 1 aliphatic heterocycles. The number of hydrogen-bond donors (Lipinski definition) is 1. The van der Waals surface area contributed by atoms with Gasteiger partial charge in [0, 0.05) is 38.3 Å². The number of nitrogens with one attached hydrogen (secondary N) is 1. The summed E-state index contributed by atoms with van der Waals surface area (Å²) in [5.41, 5.74) is 0.224. The van der Waals surface area contributed by atoms with Crippen LogP contribution in [0.2, 0.25) is 0 Å². The summed E-state index contributed by atoms with van der Waals surface area (Å²) in [7, 11) is 1.80. The fourth-order valence-electron chi connectivity index (χ4n) is 2.72. The molecule has 1 atom stereocenters. The van der Waals surface area contributed by atoms with Crippen molar-refractivity contribution < 1.29 is 4.74 Å². The van der Waals surface area contributed by atoms with Crippen molar-refractivity contribution >= 4 is 0 Å². The van der Waals surface area contributed by atoms with Gasteiger partial charge in [-0.15, -0.1) is 0 Å². The topological polar surface area (TPSA) is 24.5 Å². The van der Waals surface area contributed by atoms with Crippen LogP contribution in [-0.2, 0) is 4.74 Å². The van der Waals surface area contributed by atoms with E-state index in [9.17, 15) is 0 Å². The van der Waals surface area contributed by atoms with E-state index < -0.39 is 0 Å². The summed E-state index contributed by atoms with van der Waals surface area (Å²) >= 11 is 0. The van der Waals surface area contributed by atoms with Gasteiger partial charge in [0.25, 0.3) is 0 Å². The summed E-state index contributed by atoms with van der Waals surface area (Å²) < 4.78 is 5.53. The average Bonchev–Trinajstić information content (AvgIpc) is 2.16. The standard InChI is InChI=1S/C13H28N2O/c1-11(9-13(4,5)16-6)15-8-7-14-10-12(15,2)3/h11,14H,7-10H2,1-6H3. The molecule has 0 aromatic heterocycles. The van der Waals surface area contributed by atoms with Crippen molar-refractivity contribution in [2.24, 2.45) is 0 Å². The number of ether oxygens (including phenoxy) is 1. The fraction of sp³-hybridized carbons (Fsp3) is 1.00. The highest BCUT2D eigenvalue weighted by atomic mass is 16.5. The molecule has 0 aliphatic carbocycles. The van der Waals surface area contributed by atoms with E-state index in [4.69, 9.17) is 4.74 Å². The van der Waals surface area contributed by atoms with E-state index in [-0.39, 0.29) is 11.1 Å². The average molecular weight is 228 g/mol. The molecular weight excluding hydrogens is 200 g/mol. The van der Waals surface area contributed by atoms with Crippen molar-refractivity contribution in [2.75, 3.05) is 26.7 Å². The number of nitrogens with zero attached hydrogens (tertiary/aromatic N) is 1. The van der Waals surface area contributed by atoms with Crippen molar-refractivity contribution in [3.63, 3.8) is 0 Å². The first-order valence-corrected chi connectivity index (χ1v) is 6.31. The molecule has 1 saturated heterocycles. The van der Waals surface area contributed by atoms with E-state index in [0.29, 0.717) is 6.04 Å². The third-order valence-corrected chi connectivity index (χ3v) is 3.74. The maximum absolute atomic E-state index is 5.53. The minimum atomic E-state index is -0.0274. The number of methoxy groups -OCH3 is 1. The predicted octanol–water partition coefficient (Wildman–Crippen LogP) is 1.87. The Bertz CT molecular complexity index is 226. The number of hydrogen-bond acceptors (Lipinski definition) is 3. The van der Waals surface area contributed by atoms with Gasteiger partial charge in [0.05, 0.1) is 5.60 Å². The van der Waals surface area contributed by atoms with Crippen molar-refractivity contribution in [1.29, 1.82) is 0 Å². The van der Waals surface area contributed by atoms with Gasteiger partial charge in [-0.3, -0.25) is 4.90 Å². The van der Waals surface area contributed by atoms with Crippen LogP contribution in [0, 0.1) is 0 Å². The van der Waals surface area contributed by atoms with Crippen LogP contribution in [0.1, 0.15) is 41.0 Å². The van der Waals surface area contributed by atoms with Crippen LogP contribution in [-0.4, -0.2) is 48.8 Å². The molecule has 0 bridgehead atoms.